The van der Waals surface area contributed by atoms with Crippen LogP contribution in [0.4, 0.5) is 10.6 Å². The van der Waals surface area contributed by atoms with Gasteiger partial charge in [0.1, 0.15) is 48.9 Å². The number of carbonyl (C=O) groups excluding carboxylic acids is 1. The molecule has 12 heteroatoms. The molecule has 12 nitrogen and oxygen atoms in total. The van der Waals surface area contributed by atoms with Gasteiger partial charge in [-0.3, -0.25) is 0 Å². The minimum absolute atomic E-state index is 0.208. The van der Waals surface area contributed by atoms with E-state index in [1.165, 1.54) is 13.4 Å². The molecule has 2 unspecified atom stereocenters. The van der Waals surface area contributed by atoms with E-state index in [4.69, 9.17) is 34.2 Å². The summed E-state index contributed by atoms with van der Waals surface area (Å²) in [6.45, 7) is 4.92. The van der Waals surface area contributed by atoms with Crippen molar-refractivity contribution in [3.05, 3.63) is 24.2 Å². The molecule has 2 saturated heterocycles. The van der Waals surface area contributed by atoms with Gasteiger partial charge >= 0.3 is 6.16 Å². The lowest BCUT2D eigenvalue weighted by molar-refractivity contribution is -0.206. The molecule has 0 bridgehead atoms. The van der Waals surface area contributed by atoms with Crippen molar-refractivity contribution in [2.75, 3.05) is 26.1 Å². The molecule has 2 N–H and O–H groups in total. The number of methoxy groups -OCH3 is 1. The predicted molar refractivity (Wildman–Crippen MR) is 107 cm³/mol. The monoisotopic (exact) mass is 447 g/mol. The third-order valence-corrected chi connectivity index (χ3v) is 5.32. The normalized spacial score (nSPS) is 29.4. The molecule has 2 aromatic heterocycles. The Balaban J connectivity index is 1.61. The van der Waals surface area contributed by atoms with E-state index in [2.05, 4.69) is 16.2 Å². The zero-order chi connectivity index (χ0) is 23.1. The van der Waals surface area contributed by atoms with Crippen LogP contribution < -0.4 is 5.73 Å². The number of nitrogens with zero attached hydrogens (tertiary/aromatic N) is 4. The van der Waals surface area contributed by atoms with Crippen molar-refractivity contribution in [3.63, 3.8) is 0 Å². The smallest absolute Gasteiger partial charge is 0.430 e. The Labute approximate surface area is 184 Å². The van der Waals surface area contributed by atoms with Crippen LogP contribution >= 0.6 is 0 Å². The fourth-order valence-electron chi connectivity index (χ4n) is 4.02. The van der Waals surface area contributed by atoms with Crippen LogP contribution in [0.3, 0.4) is 0 Å². The van der Waals surface area contributed by atoms with E-state index in [-0.39, 0.29) is 6.61 Å². The van der Waals surface area contributed by atoms with Crippen LogP contribution in [0.15, 0.2) is 18.5 Å². The molecule has 5 atom stereocenters. The Morgan fingerprint density at radius 3 is 2.88 bits per heavy atom. The third kappa shape index (κ3) is 3.84. The highest BCUT2D eigenvalue weighted by Gasteiger charge is 2.65. The summed E-state index contributed by atoms with van der Waals surface area (Å²) in [5, 5.41) is 14.3. The Morgan fingerprint density at radius 1 is 1.38 bits per heavy atom. The number of nitrogens with two attached hydrogens (primary N) is 1. The molecular formula is C20H25N5O7. The second-order valence-corrected chi connectivity index (χ2v) is 8.18. The number of nitrogen functional groups attached to an aromatic ring is 1. The molecule has 32 heavy (non-hydrogen) atoms. The lowest BCUT2D eigenvalue weighted by Crippen LogP contribution is -2.46. The van der Waals surface area contributed by atoms with Crippen LogP contribution in [0.5, 0.6) is 0 Å². The van der Waals surface area contributed by atoms with Crippen molar-refractivity contribution in [2.45, 2.75) is 56.6 Å². The molecule has 4 heterocycles. The van der Waals surface area contributed by atoms with E-state index in [1.807, 2.05) is 0 Å². The quantitative estimate of drug-likeness (QED) is 0.639. The molecule has 2 aliphatic rings. The van der Waals surface area contributed by atoms with E-state index in [0.717, 1.165) is 0 Å². The lowest BCUT2D eigenvalue weighted by atomic mass is 9.96. The number of rotatable bonds is 6. The predicted octanol–water partition coefficient (Wildman–Crippen LogP) is 1.35. The average molecular weight is 447 g/mol. The maximum absolute atomic E-state index is 12.1. The molecule has 0 aliphatic carbocycles. The molecular weight excluding hydrogens is 422 g/mol. The maximum atomic E-state index is 12.1. The number of anilines is 1. The third-order valence-electron chi connectivity index (χ3n) is 5.32. The van der Waals surface area contributed by atoms with E-state index in [1.54, 1.807) is 37.4 Å². The SMILES string of the molecule is COC[C@@H](C)OC(=O)OC[C@@]1(C#N)O[C@@H](c2ccc3c(N)ncnn23)C2OC(C)(C)OC21. The second-order valence-electron chi connectivity index (χ2n) is 8.18. The molecule has 0 radical (unpaired) electrons. The molecule has 2 fully saturated rings. The number of nitriles is 1. The number of hydrogen-bond acceptors (Lipinski definition) is 11. The summed E-state index contributed by atoms with van der Waals surface area (Å²) in [4.78, 5) is 16.1. The highest BCUT2D eigenvalue weighted by atomic mass is 16.8. The van der Waals surface area contributed by atoms with Crippen molar-refractivity contribution in [2.24, 2.45) is 0 Å². The van der Waals surface area contributed by atoms with Gasteiger partial charge in [-0.1, -0.05) is 0 Å². The van der Waals surface area contributed by atoms with Crippen molar-refractivity contribution >= 4 is 17.5 Å². The number of carbonyl (C=O) groups is 1. The van der Waals surface area contributed by atoms with Gasteiger partial charge in [0, 0.05) is 7.11 Å². The standard InChI is InChI=1S/C20H25N5O7/c1-11(7-27-4)29-18(26)28-9-20(8-21)16-15(30-19(2,3)32-16)14(31-20)12-5-6-13-17(22)23-10-24-25(12)13/h5-6,10-11,14-16H,7,9H2,1-4H3,(H2,22,23,24)/t11-,14+,15?,16?,20-/m1/s1. The van der Waals surface area contributed by atoms with Gasteiger partial charge < -0.3 is 34.2 Å². The minimum atomic E-state index is -1.63. The van der Waals surface area contributed by atoms with Crippen LogP contribution in [-0.4, -0.2) is 70.8 Å². The van der Waals surface area contributed by atoms with Gasteiger partial charge in [0.05, 0.1) is 12.3 Å². The van der Waals surface area contributed by atoms with Crippen LogP contribution in [0.1, 0.15) is 32.6 Å². The Kier molecular flexibility index (Phi) is 5.68. The zero-order valence-corrected chi connectivity index (χ0v) is 18.2. The molecule has 2 aliphatic heterocycles. The van der Waals surface area contributed by atoms with Crippen LogP contribution in [0.25, 0.3) is 5.52 Å². The van der Waals surface area contributed by atoms with E-state index in [9.17, 15) is 10.1 Å². The number of hydrogen-bond donors (Lipinski definition) is 1. The fourth-order valence-corrected chi connectivity index (χ4v) is 4.02. The molecule has 0 saturated carbocycles. The summed E-state index contributed by atoms with van der Waals surface area (Å²) < 4.78 is 35.1. The maximum Gasteiger partial charge on any atom is 0.508 e. The van der Waals surface area contributed by atoms with E-state index < -0.39 is 48.6 Å². The van der Waals surface area contributed by atoms with Crippen LogP contribution in [-0.2, 0) is 28.4 Å². The van der Waals surface area contributed by atoms with Gasteiger partial charge in [-0.05, 0) is 32.9 Å². The van der Waals surface area contributed by atoms with Gasteiger partial charge in [0.15, 0.2) is 11.6 Å². The summed E-state index contributed by atoms with van der Waals surface area (Å²) in [5.41, 5.74) is 5.49. The van der Waals surface area contributed by atoms with Crippen molar-refractivity contribution in [1.82, 2.24) is 14.6 Å². The second kappa shape index (κ2) is 8.18. The summed E-state index contributed by atoms with van der Waals surface area (Å²) >= 11 is 0. The number of fused-ring (bicyclic) bond motifs is 2. The first-order valence-electron chi connectivity index (χ1n) is 10.0. The Morgan fingerprint density at radius 2 is 2.16 bits per heavy atom. The molecule has 2 aromatic rings. The summed E-state index contributed by atoms with van der Waals surface area (Å²) in [6, 6.07) is 5.64. The first-order chi connectivity index (χ1) is 15.2. The minimum Gasteiger partial charge on any atom is -0.430 e. The highest BCUT2D eigenvalue weighted by Crippen LogP contribution is 2.50. The fraction of sp³-hybridized carbons (Fsp3) is 0.600. The number of ether oxygens (including phenoxy) is 6. The first kappa shape index (κ1) is 22.2. The summed E-state index contributed by atoms with van der Waals surface area (Å²) in [6.07, 6.45) is -2.37. The van der Waals surface area contributed by atoms with Crippen LogP contribution in [0, 0.1) is 11.3 Å². The Hall–Kier alpha value is -2.98. The number of aromatic nitrogens is 3. The van der Waals surface area contributed by atoms with Crippen molar-refractivity contribution in [3.8, 4) is 6.07 Å². The zero-order valence-electron chi connectivity index (χ0n) is 18.2. The summed E-state index contributed by atoms with van der Waals surface area (Å²) in [5.74, 6) is -0.680. The van der Waals surface area contributed by atoms with Gasteiger partial charge in [0.25, 0.3) is 0 Å². The molecule has 172 valence electrons. The molecule has 0 spiro atoms. The van der Waals surface area contributed by atoms with E-state index in [0.29, 0.717) is 17.0 Å². The first-order valence-corrected chi connectivity index (χ1v) is 10.0. The van der Waals surface area contributed by atoms with Gasteiger partial charge in [-0.25, -0.2) is 14.3 Å². The lowest BCUT2D eigenvalue weighted by Gasteiger charge is -2.28. The molecule has 4 rings (SSSR count). The summed E-state index contributed by atoms with van der Waals surface area (Å²) in [7, 11) is 1.49. The Bertz CT molecular complexity index is 1050. The van der Waals surface area contributed by atoms with Gasteiger partial charge in [0.2, 0.25) is 5.60 Å². The average Bonchev–Trinajstić information content (AvgIpc) is 3.38. The highest BCUT2D eigenvalue weighted by molar-refractivity contribution is 5.65. The topological polar surface area (TPSA) is 152 Å². The van der Waals surface area contributed by atoms with Gasteiger partial charge in [-0.15, -0.1) is 0 Å². The van der Waals surface area contributed by atoms with Crippen molar-refractivity contribution < 1.29 is 33.2 Å². The van der Waals surface area contributed by atoms with E-state index >= 15 is 0 Å². The van der Waals surface area contributed by atoms with Crippen molar-refractivity contribution in [1.29, 1.82) is 5.26 Å². The van der Waals surface area contributed by atoms with Gasteiger partial charge in [-0.2, -0.15) is 10.4 Å². The largest absolute Gasteiger partial charge is 0.508 e. The molecule has 0 aromatic carbocycles. The van der Waals surface area contributed by atoms with Crippen LogP contribution in [0.2, 0.25) is 0 Å². The molecule has 0 amide bonds.